The first-order valence-corrected chi connectivity index (χ1v) is 46.1. The lowest BCUT2D eigenvalue weighted by molar-refractivity contribution is 0.0526. The fourth-order valence-electron chi connectivity index (χ4n) is 8.45. The molecule has 0 unspecified atom stereocenters. The Hall–Kier alpha value is -1.31. The van der Waals surface area contributed by atoms with Gasteiger partial charge in [-0.25, -0.2) is 4.79 Å². The summed E-state index contributed by atoms with van der Waals surface area (Å²) in [4.78, 5) is 14.0. The Bertz CT molecular complexity index is 4110. The summed E-state index contributed by atoms with van der Waals surface area (Å²) in [6.45, 7) is 13.7. The number of rotatable bonds is 3. The number of thiophene rings is 10. The molecule has 4 aliphatic rings. The Morgan fingerprint density at radius 2 is 1.06 bits per heavy atom. The van der Waals surface area contributed by atoms with Gasteiger partial charge < -0.3 is 23.8 Å². The molecule has 17 rings (SSSR count). The standard InChI is InChI=1S/C9H15NO.C9H10O.C9H8S.C8H8O.C7H8O2S.C6H4S2.C5H4Cl2S.2C4H2Br2S.2C4H2BrClS.C4H2Cl2S/c1-2-4-9(3-1)10-5-7-11-8-6-10;1-2-4-9-7-10-6-5-8(9)3-1;1-7-6-10-9-5-3-2-4-8(7)9;1-2-4-8-6-9-5-7(8)3-1;1-2-9-7(8)6-4-3-5-10-6;1-3-7-6-5(1)2-4-8-6;1-3-2-4(6)8-5(3)7;5-3-1-7-2-4(3)6;5-3-1-2-4(6)7-3;5-3-1-2-7-4(3)6;2*5-3-1-2-4(6)7-3/h3H,1-2,4-8H2;1-4H,5-7H2;2-6H,1H3;1-4H,5-6H2;3-5H,2H2,1H3;1-4H;2H,1H3;5*1-2H. The van der Waals surface area contributed by atoms with Gasteiger partial charge in [-0.2, -0.15) is 11.3 Å². The number of nitrogens with zero attached hydrogens (tertiary/aromatic N) is 1. The summed E-state index contributed by atoms with van der Waals surface area (Å²) in [5.74, 6) is -0.225. The number of allylic oxidation sites excluding steroid dienone is 2. The second-order valence-corrected chi connectivity index (χ2v) is 40.8. The van der Waals surface area contributed by atoms with Gasteiger partial charge in [-0.15, -0.1) is 102 Å². The van der Waals surface area contributed by atoms with Gasteiger partial charge in [0.2, 0.25) is 0 Å². The van der Waals surface area contributed by atoms with Crippen LogP contribution in [0, 0.1) is 13.8 Å². The highest BCUT2D eigenvalue weighted by Gasteiger charge is 2.16. The van der Waals surface area contributed by atoms with Gasteiger partial charge in [0.25, 0.3) is 0 Å². The van der Waals surface area contributed by atoms with Crippen molar-refractivity contribution in [1.29, 1.82) is 0 Å². The van der Waals surface area contributed by atoms with E-state index in [9.17, 15) is 4.79 Å². The van der Waals surface area contributed by atoms with Crippen LogP contribution in [-0.4, -0.2) is 50.4 Å². The van der Waals surface area contributed by atoms with E-state index in [4.69, 9.17) is 88.6 Å². The quantitative estimate of drug-likeness (QED) is 0.164. The number of fused-ring (bicyclic) bond motifs is 4. The van der Waals surface area contributed by atoms with Crippen molar-refractivity contribution >= 4 is 304 Å². The van der Waals surface area contributed by atoms with Crippen LogP contribution < -0.4 is 0 Å². The molecule has 0 atom stereocenters. The Kier molecular flexibility index (Phi) is 44.9. The van der Waals surface area contributed by atoms with Crippen molar-refractivity contribution in [1.82, 2.24) is 4.90 Å². The van der Waals surface area contributed by atoms with Crippen LogP contribution in [-0.2, 0) is 45.2 Å². The lowest BCUT2D eigenvalue weighted by Crippen LogP contribution is -2.35. The first-order valence-electron chi connectivity index (χ1n) is 30.5. The molecule has 3 aromatic carbocycles. The number of carbonyl (C=O) groups excluding carboxylic acids is 1. The van der Waals surface area contributed by atoms with Gasteiger partial charge in [0.05, 0.1) is 83.3 Å². The zero-order valence-corrected chi connectivity index (χ0v) is 76.5. The normalized spacial score (nSPS) is 12.6. The molecule has 1 aliphatic carbocycles. The van der Waals surface area contributed by atoms with Crippen LogP contribution in [0.2, 0.25) is 26.0 Å². The van der Waals surface area contributed by atoms with Crippen LogP contribution in [0.1, 0.15) is 69.2 Å². The molecular formula is C73H67Br6Cl6NO5S10. The Labute approximate surface area is 712 Å². The van der Waals surface area contributed by atoms with Crippen molar-refractivity contribution in [3.63, 3.8) is 0 Å². The minimum absolute atomic E-state index is 0.225. The summed E-state index contributed by atoms with van der Waals surface area (Å²) < 4.78 is 34.7. The summed E-state index contributed by atoms with van der Waals surface area (Å²) in [6.07, 6.45) is 7.39. The molecule has 28 heteroatoms. The zero-order valence-electron chi connectivity index (χ0n) is 54.3. The maximum Gasteiger partial charge on any atom is 0.348 e. The fraction of sp³-hybridized carbons (Fsp3) is 0.219. The molecule has 0 N–H and O–H groups in total. The van der Waals surface area contributed by atoms with E-state index in [1.54, 1.807) is 53.5 Å². The number of hydrogen-bond donors (Lipinski definition) is 0. The second-order valence-electron chi connectivity index (χ2n) is 20.5. The molecule has 10 aromatic heterocycles. The van der Waals surface area contributed by atoms with E-state index in [0.717, 1.165) is 108 Å². The number of halogens is 12. The highest BCUT2D eigenvalue weighted by molar-refractivity contribution is 9.13. The average Bonchev–Trinajstić information content (AvgIpc) is 1.87. The number of morpholine rings is 1. The summed E-state index contributed by atoms with van der Waals surface area (Å²) in [6, 6.07) is 48.3. The van der Waals surface area contributed by atoms with E-state index >= 15 is 0 Å². The van der Waals surface area contributed by atoms with E-state index < -0.39 is 0 Å². The third kappa shape index (κ3) is 35.3. The van der Waals surface area contributed by atoms with E-state index in [1.165, 1.54) is 131 Å². The van der Waals surface area contributed by atoms with Gasteiger partial charge in [-0.05, 0) is 280 Å². The summed E-state index contributed by atoms with van der Waals surface area (Å²) in [7, 11) is 0. The van der Waals surface area contributed by atoms with Crippen LogP contribution in [0.4, 0.5) is 0 Å². The Morgan fingerprint density at radius 1 is 0.495 bits per heavy atom. The first kappa shape index (κ1) is 88.6. The predicted octanol–water partition coefficient (Wildman–Crippen LogP) is 32.3. The molecule has 101 heavy (non-hydrogen) atoms. The first-order chi connectivity index (χ1) is 48.8. The molecule has 6 nitrogen and oxygen atoms in total. The van der Waals surface area contributed by atoms with Gasteiger partial charge in [-0.1, -0.05) is 148 Å². The SMILES string of the molecule is Brc1ccc(Br)s1.Brc1cscc1Br.C1=C(N2CCOCC2)CCC1.CCOC(=O)c1cccs1.Cc1cc(Cl)sc1Cl.Cc1csc2ccccc12.Clc1ccc(Br)s1.Clc1ccc(Cl)s1.Clc1sccc1Br.c1cc2ccsc2s1.c1ccc2c(c1)CCOC2.c1ccc2c(c1)COC2. The number of hydrogen-bond acceptors (Lipinski definition) is 16. The molecule has 1 saturated heterocycles. The van der Waals surface area contributed by atoms with Crippen LogP contribution in [0.15, 0.2) is 220 Å². The van der Waals surface area contributed by atoms with Crippen molar-refractivity contribution in [2.24, 2.45) is 0 Å². The molecule has 1 fully saturated rings. The van der Waals surface area contributed by atoms with E-state index in [2.05, 4.69) is 202 Å². The minimum atomic E-state index is -0.225. The van der Waals surface area contributed by atoms with E-state index in [0.29, 0.717) is 11.5 Å². The number of aryl methyl sites for hydroxylation is 2. The molecule has 0 amide bonds. The van der Waals surface area contributed by atoms with Crippen LogP contribution >= 0.6 is 279 Å². The maximum absolute atomic E-state index is 10.9. The minimum Gasteiger partial charge on any atom is -0.462 e. The molecular weight excluding hydrogens is 1980 g/mol. The van der Waals surface area contributed by atoms with Gasteiger partial charge in [0.1, 0.15) is 9.21 Å². The van der Waals surface area contributed by atoms with Gasteiger partial charge in [0, 0.05) is 53.1 Å². The summed E-state index contributed by atoms with van der Waals surface area (Å²) in [5.41, 5.74) is 9.51. The molecule has 13 aromatic rings. The molecule has 538 valence electrons. The van der Waals surface area contributed by atoms with Gasteiger partial charge >= 0.3 is 5.97 Å². The number of carbonyl (C=O) groups is 1. The lowest BCUT2D eigenvalue weighted by Gasteiger charge is -2.29. The Balaban J connectivity index is 0.000000174. The molecule has 0 radical (unpaired) electrons. The fourth-order valence-corrected chi connectivity index (χ4v) is 21.6. The number of ether oxygens (including phenoxy) is 4. The van der Waals surface area contributed by atoms with Crippen molar-refractivity contribution in [2.75, 3.05) is 39.5 Å². The second kappa shape index (κ2) is 51.2. The Morgan fingerprint density at radius 3 is 1.47 bits per heavy atom. The van der Waals surface area contributed by atoms with Crippen LogP contribution in [0.5, 0.6) is 0 Å². The molecule has 0 saturated carbocycles. The summed E-state index contributed by atoms with van der Waals surface area (Å²) >= 11 is 69.2. The highest BCUT2D eigenvalue weighted by Crippen LogP contribution is 2.33. The van der Waals surface area contributed by atoms with E-state index in [-0.39, 0.29) is 5.97 Å². The van der Waals surface area contributed by atoms with Crippen LogP contribution in [0.3, 0.4) is 0 Å². The average molecular weight is 2050 g/mol. The van der Waals surface area contributed by atoms with Crippen molar-refractivity contribution < 1.29 is 23.7 Å². The third-order valence-corrected chi connectivity index (χ3v) is 29.8. The van der Waals surface area contributed by atoms with Crippen molar-refractivity contribution in [3.8, 4) is 0 Å². The van der Waals surface area contributed by atoms with Crippen molar-refractivity contribution in [2.45, 2.75) is 66.3 Å². The molecule has 0 bridgehead atoms. The topological polar surface area (TPSA) is 57.2 Å². The lowest BCUT2D eigenvalue weighted by atomic mass is 10.0. The smallest absolute Gasteiger partial charge is 0.348 e. The van der Waals surface area contributed by atoms with Gasteiger partial charge in [0.15, 0.2) is 0 Å². The molecule has 13 heterocycles. The monoisotopic (exact) mass is 2040 g/mol. The molecule has 0 spiro atoms. The van der Waals surface area contributed by atoms with Crippen LogP contribution in [0.25, 0.3) is 19.5 Å². The zero-order chi connectivity index (χ0) is 72.7. The van der Waals surface area contributed by atoms with Crippen molar-refractivity contribution in [3.05, 3.63) is 284 Å². The predicted molar refractivity (Wildman–Crippen MR) is 473 cm³/mol. The largest absolute Gasteiger partial charge is 0.462 e. The van der Waals surface area contributed by atoms with E-state index in [1.807, 2.05) is 117 Å². The number of benzene rings is 3. The summed E-state index contributed by atoms with van der Waals surface area (Å²) in [5, 5.41) is 17.1. The third-order valence-electron chi connectivity index (χ3n) is 13.3. The number of esters is 1. The molecule has 3 aliphatic heterocycles. The highest BCUT2D eigenvalue weighted by atomic mass is 79.9. The maximum atomic E-state index is 10.9. The van der Waals surface area contributed by atoms with Gasteiger partial charge in [-0.3, -0.25) is 0 Å².